The van der Waals surface area contributed by atoms with Crippen LogP contribution in [-0.2, 0) is 46.9 Å². The number of esters is 2. The van der Waals surface area contributed by atoms with E-state index in [2.05, 4.69) is 84.1 Å². The molecule has 0 aromatic carbocycles. The predicted molar refractivity (Wildman–Crippen MR) is 371 cm³/mol. The number of nitrogens with zero attached hydrogens (tertiary/aromatic N) is 5. The van der Waals surface area contributed by atoms with E-state index in [0.717, 1.165) is 100 Å². The summed E-state index contributed by atoms with van der Waals surface area (Å²) >= 11 is 2.64. The number of aromatic amines is 1. The molecule has 13 rings (SSSR count). The zero-order valence-electron chi connectivity index (χ0n) is 57.9. The first-order chi connectivity index (χ1) is 46.7. The molecule has 0 bridgehead atoms. The van der Waals surface area contributed by atoms with E-state index >= 15 is 0 Å². The minimum Gasteiger partial charge on any atom is -0.455 e. The van der Waals surface area contributed by atoms with Crippen LogP contribution in [0.15, 0.2) is 34.5 Å². The maximum absolute atomic E-state index is 14.9. The normalized spacial score (nSPS) is 42.2. The number of alkyl halides is 1. The molecule has 22 unspecified atom stereocenters. The quantitative estimate of drug-likeness (QED) is 0.0162. The van der Waals surface area contributed by atoms with Crippen LogP contribution in [0.1, 0.15) is 189 Å². The molecular weight excluding hydrogens is 1420 g/mol. The maximum atomic E-state index is 14.9. The molecule has 0 radical (unpaired) electrons. The van der Waals surface area contributed by atoms with Crippen LogP contribution in [0.4, 0.5) is 5.82 Å². The second-order valence-corrected chi connectivity index (χ2v) is 36.6. The highest BCUT2D eigenvalue weighted by molar-refractivity contribution is 14.1. The Kier molecular flexibility index (Phi) is 22.9. The minimum absolute atomic E-state index is 0.0227. The zero-order valence-corrected chi connectivity index (χ0v) is 61.8. The van der Waals surface area contributed by atoms with Gasteiger partial charge in [-0.15, -0.1) is 0 Å². The number of carbonyl (C=O) groups excluding carboxylic acids is 2. The van der Waals surface area contributed by atoms with Crippen molar-refractivity contribution in [2.24, 2.45) is 92.7 Å². The molecule has 3 aromatic heterocycles. The number of fused-ring (bicyclic) bond motifs is 11. The van der Waals surface area contributed by atoms with Gasteiger partial charge >= 0.3 is 24.4 Å². The van der Waals surface area contributed by atoms with E-state index in [4.69, 9.17) is 38.5 Å². The summed E-state index contributed by atoms with van der Waals surface area (Å²) in [6, 6.07) is 1.11. The van der Waals surface area contributed by atoms with Crippen LogP contribution in [0, 0.1) is 92.7 Å². The van der Waals surface area contributed by atoms with E-state index in [-0.39, 0.29) is 76.4 Å². The summed E-state index contributed by atoms with van der Waals surface area (Å²) < 4.78 is 58.7. The van der Waals surface area contributed by atoms with Gasteiger partial charge in [-0.2, -0.15) is 0 Å². The highest BCUT2D eigenvalue weighted by Crippen LogP contribution is 2.71. The molecule has 28 heteroatoms. The number of rotatable bonds is 21. The van der Waals surface area contributed by atoms with Gasteiger partial charge in [0.1, 0.15) is 53.0 Å². The number of H-pyrrole nitrogens is 1. The highest BCUT2D eigenvalue weighted by Gasteiger charge is 2.66. The number of aromatic nitrogens is 6. The Morgan fingerprint density at radius 3 is 1.88 bits per heavy atom. The number of anilines is 1. The standard InChI is InChI=1S/C45H66N7O14PS.C25H41IO4/c1-23(27-8-9-28-26-7-6-24-15-25(54)11-13-44(24,2)29(26)16-33(56)45(27,28)3)5-10-36(58)62-22-68-67(60,66-38-31(18-53)65-42(39(38)61-4)51-14-12-34(57)50-43(51)59)63-19-32-30(55)17-35(64-32)52-21-49-37-40(46)47-20-48-41(37)52;1-15(4-9-23(29)30-14-26)19-7-8-20-18-6-5-16-12-17(27)10-11-24(16,2)21(18)13-22(28)25(19,20)3/h12,14,20-21,23-33,35,38-39,42,53-56H,5-11,13,15-19,22H2,1-4H3,(H2,46,47,48)(H,50,57,59);15-22,27-28H,4-14H2,1-3H3/t23?,24?,25?,26?,27?,28?,29?,30-,31-,32-,33?,35-,38+,39?,42-,44?,45?,67?;/m1./s1. The van der Waals surface area contributed by atoms with Crippen molar-refractivity contribution in [3.05, 3.63) is 45.8 Å². The van der Waals surface area contributed by atoms with Gasteiger partial charge in [0.25, 0.3) is 5.56 Å². The predicted octanol–water partition coefficient (Wildman–Crippen LogP) is 8.99. The molecule has 8 aliphatic carbocycles. The van der Waals surface area contributed by atoms with E-state index in [1.54, 1.807) is 4.57 Å². The van der Waals surface area contributed by atoms with Crippen molar-refractivity contribution in [1.29, 1.82) is 0 Å². The third kappa shape index (κ3) is 14.1. The van der Waals surface area contributed by atoms with Crippen LogP contribution in [0.5, 0.6) is 0 Å². The van der Waals surface area contributed by atoms with E-state index < -0.39 is 92.2 Å². The van der Waals surface area contributed by atoms with Crippen molar-refractivity contribution in [3.63, 3.8) is 0 Å². The van der Waals surface area contributed by atoms with Crippen LogP contribution in [-0.4, -0.2) is 157 Å². The lowest BCUT2D eigenvalue weighted by Gasteiger charge is -2.62. The Morgan fingerprint density at radius 1 is 0.745 bits per heavy atom. The fourth-order valence-corrected chi connectivity index (χ4v) is 25.6. The van der Waals surface area contributed by atoms with Crippen LogP contribution < -0.4 is 17.0 Å². The first-order valence-corrected chi connectivity index (χ1v) is 40.9. The smallest absolute Gasteiger partial charge is 0.392 e. The summed E-state index contributed by atoms with van der Waals surface area (Å²) in [7, 11) is 1.31. The summed E-state index contributed by atoms with van der Waals surface area (Å²) in [5.74, 6) is 4.78. The van der Waals surface area contributed by atoms with Crippen molar-refractivity contribution in [2.45, 2.75) is 244 Å². The van der Waals surface area contributed by atoms with E-state index in [1.807, 2.05) is 0 Å². The van der Waals surface area contributed by atoms with Gasteiger partial charge in [-0.1, -0.05) is 41.5 Å². The number of methoxy groups -OCH3 is 1. The maximum Gasteiger partial charge on any atom is 0.392 e. The van der Waals surface area contributed by atoms with Gasteiger partial charge in [-0.25, -0.2) is 24.3 Å². The van der Waals surface area contributed by atoms with Crippen LogP contribution in [0.25, 0.3) is 11.2 Å². The first-order valence-electron chi connectivity index (χ1n) is 36.2. The third-order valence-electron chi connectivity index (χ3n) is 27.7. The summed E-state index contributed by atoms with van der Waals surface area (Å²) in [4.78, 5) is 64.6. The fourth-order valence-electron chi connectivity index (χ4n) is 22.4. The number of ether oxygens (including phenoxy) is 5. The molecule has 9 N–H and O–H groups in total. The average molecular weight is 1520 g/mol. The number of nitrogens with two attached hydrogens (primary N) is 1. The van der Waals surface area contributed by atoms with Gasteiger partial charge in [0.05, 0.1) is 50.1 Å². The van der Waals surface area contributed by atoms with E-state index in [0.29, 0.717) is 93.3 Å². The molecule has 10 aliphatic rings. The van der Waals surface area contributed by atoms with E-state index in [1.165, 1.54) is 51.6 Å². The van der Waals surface area contributed by atoms with Crippen LogP contribution in [0.2, 0.25) is 0 Å². The fraction of sp³-hybridized carbons (Fsp3) is 0.843. The van der Waals surface area contributed by atoms with Gasteiger partial charge in [0.15, 0.2) is 17.7 Å². The molecule has 0 amide bonds. The number of aliphatic hydroxyl groups is 6. The topological polar surface area (TPSA) is 362 Å². The Balaban J connectivity index is 0.000000253. The monoisotopic (exact) mass is 1520 g/mol. The SMILES string of the molecule is CC(CCC(=O)OCI)C1CCC2C3CCC4CC(O)CCC4(C)C3CC(O)C12C.COC1[C@@H](OP(=O)(OC[C@H]2O[C@@H](n3cnc4c(N)ncnc43)C[C@H]2O)SCOC(=O)CCC(C)C2CCC3C4CCC5CC(O)CCC5(C)C4CC(O)C23C)[C@@H](CO)O[C@H]1n1ccc(=O)[nH]c1=O. The molecule has 10 fully saturated rings. The Morgan fingerprint density at radius 2 is 1.33 bits per heavy atom. The molecule has 0 spiro atoms. The highest BCUT2D eigenvalue weighted by atomic mass is 127. The number of nitrogen functional groups attached to an aromatic ring is 1. The number of nitrogens with one attached hydrogen (secondary N) is 1. The molecule has 8 saturated carbocycles. The zero-order chi connectivity index (χ0) is 70.0. The average Bonchev–Trinajstić information content (AvgIpc) is 1.25. The molecule has 25 nitrogen and oxygen atoms in total. The second kappa shape index (κ2) is 30.1. The lowest BCUT2D eigenvalue weighted by atomic mass is 9.43. The van der Waals surface area contributed by atoms with Crippen molar-refractivity contribution in [3.8, 4) is 0 Å². The number of hydrogen-bond donors (Lipinski definition) is 8. The molecule has 2 saturated heterocycles. The second-order valence-electron chi connectivity index (χ2n) is 32.0. The van der Waals surface area contributed by atoms with E-state index in [9.17, 15) is 54.4 Å². The van der Waals surface area contributed by atoms with Gasteiger partial charge in [-0.3, -0.25) is 37.5 Å². The summed E-state index contributed by atoms with van der Waals surface area (Å²) in [5, 5.41) is 65.8. The Hall–Kier alpha value is -3.16. The lowest BCUT2D eigenvalue weighted by molar-refractivity contribution is -0.175. The largest absolute Gasteiger partial charge is 0.455 e. The van der Waals surface area contributed by atoms with Crippen molar-refractivity contribution in [1.82, 2.24) is 29.1 Å². The van der Waals surface area contributed by atoms with Gasteiger partial charge in [0, 0.05) is 50.0 Å². The van der Waals surface area contributed by atoms with Gasteiger partial charge in [-0.05, 0) is 231 Å². The molecule has 98 heavy (non-hydrogen) atoms. The number of carbonyl (C=O) groups is 2. The van der Waals surface area contributed by atoms with Crippen molar-refractivity contribution >= 4 is 69.7 Å². The third-order valence-corrected chi connectivity index (χ3v) is 31.3. The number of halogens is 1. The minimum atomic E-state index is -4.45. The number of imidazole rings is 1. The first kappa shape index (κ1) is 74.6. The summed E-state index contributed by atoms with van der Waals surface area (Å²) in [6.45, 7) is 8.41. The molecule has 28 atom stereocenters. The molecule has 3 aromatic rings. The number of hydrogen-bond acceptors (Lipinski definition) is 23. The number of aliphatic hydroxyl groups excluding tert-OH is 6. The molecule has 5 heterocycles. The molecular formula is C70H107IN7O18PS. The van der Waals surface area contributed by atoms with Crippen LogP contribution >= 0.6 is 40.8 Å². The Labute approximate surface area is 591 Å². The van der Waals surface area contributed by atoms with Gasteiger partial charge in [0.2, 0.25) is 0 Å². The van der Waals surface area contributed by atoms with Crippen LogP contribution in [0.3, 0.4) is 0 Å². The van der Waals surface area contributed by atoms with Crippen molar-refractivity contribution < 1.29 is 77.5 Å². The summed E-state index contributed by atoms with van der Waals surface area (Å²) in [5.41, 5.74) is 5.38. The van der Waals surface area contributed by atoms with Gasteiger partial charge < -0.3 is 60.1 Å². The lowest BCUT2D eigenvalue weighted by Crippen LogP contribution is -2.58. The Bertz CT molecular complexity index is 3460. The summed E-state index contributed by atoms with van der Waals surface area (Å²) in [6.07, 6.45) is 13.8. The van der Waals surface area contributed by atoms with Crippen molar-refractivity contribution in [2.75, 3.05) is 36.6 Å². The molecule has 2 aliphatic heterocycles. The molecule has 548 valence electrons.